The van der Waals surface area contributed by atoms with Crippen molar-refractivity contribution >= 4 is 28.6 Å². The minimum absolute atomic E-state index is 0.160. The van der Waals surface area contributed by atoms with Gasteiger partial charge < -0.3 is 9.72 Å². The zero-order valence-corrected chi connectivity index (χ0v) is 12.1. The van der Waals surface area contributed by atoms with Gasteiger partial charge in [-0.25, -0.2) is 13.2 Å². The van der Waals surface area contributed by atoms with E-state index in [4.69, 9.17) is 10.1 Å². The van der Waals surface area contributed by atoms with Gasteiger partial charge in [0.05, 0.1) is 10.6 Å². The van der Waals surface area contributed by atoms with Crippen molar-refractivity contribution in [1.82, 2.24) is 4.98 Å². The molecule has 0 spiro atoms. The van der Waals surface area contributed by atoms with E-state index in [2.05, 4.69) is 17.6 Å². The van der Waals surface area contributed by atoms with Crippen LogP contribution in [0.3, 0.4) is 0 Å². The summed E-state index contributed by atoms with van der Waals surface area (Å²) in [5.41, 5.74) is -0.529. The first-order valence-electron chi connectivity index (χ1n) is 6.29. The van der Waals surface area contributed by atoms with Crippen LogP contribution in [0.2, 0.25) is 0 Å². The van der Waals surface area contributed by atoms with Crippen LogP contribution >= 0.6 is 12.6 Å². The zero-order chi connectivity index (χ0) is 16.7. The summed E-state index contributed by atoms with van der Waals surface area (Å²) in [6.45, 7) is 0. The summed E-state index contributed by atoms with van der Waals surface area (Å²) in [5.74, 6) is -5.74. The summed E-state index contributed by atoms with van der Waals surface area (Å²) in [5, 5.41) is 6.75. The van der Waals surface area contributed by atoms with Gasteiger partial charge in [-0.2, -0.15) is 4.39 Å². The summed E-state index contributed by atoms with van der Waals surface area (Å²) in [4.78, 5) is 2.39. The van der Waals surface area contributed by atoms with Crippen LogP contribution in [0.15, 0.2) is 30.5 Å². The Kier molecular flexibility index (Phi) is 3.77. The van der Waals surface area contributed by atoms with Gasteiger partial charge in [0.25, 0.3) is 0 Å². The highest BCUT2D eigenvalue weighted by molar-refractivity contribution is 7.97. The Labute approximate surface area is 132 Å². The van der Waals surface area contributed by atoms with E-state index in [0.29, 0.717) is 0 Å². The summed E-state index contributed by atoms with van der Waals surface area (Å²) in [7, 11) is 0. The van der Waals surface area contributed by atoms with Gasteiger partial charge in [-0.3, -0.25) is 5.41 Å². The molecule has 23 heavy (non-hydrogen) atoms. The predicted molar refractivity (Wildman–Crippen MR) is 80.5 cm³/mol. The first-order chi connectivity index (χ1) is 10.9. The molecule has 0 unspecified atom stereocenters. The van der Waals surface area contributed by atoms with Gasteiger partial charge in [0.15, 0.2) is 11.6 Å². The average molecular weight is 340 g/mol. The molecule has 0 aliphatic carbocycles. The van der Waals surface area contributed by atoms with E-state index in [0.717, 1.165) is 18.2 Å². The molecule has 0 fully saturated rings. The minimum Gasteiger partial charge on any atom is -0.451 e. The van der Waals surface area contributed by atoms with Gasteiger partial charge in [-0.05, 0) is 24.3 Å². The van der Waals surface area contributed by atoms with Gasteiger partial charge >= 0.3 is 0 Å². The molecule has 0 atom stereocenters. The normalized spacial score (nSPS) is 11.0. The van der Waals surface area contributed by atoms with Crippen molar-refractivity contribution in [2.45, 2.75) is 0 Å². The highest BCUT2D eigenvalue weighted by Crippen LogP contribution is 2.35. The van der Waals surface area contributed by atoms with Gasteiger partial charge in [0, 0.05) is 17.1 Å². The molecule has 2 N–H and O–H groups in total. The fraction of sp³-hybridized carbons (Fsp3) is 0. The maximum atomic E-state index is 14.3. The maximum absolute atomic E-state index is 14.3. The molecule has 118 valence electrons. The fourth-order valence-electron chi connectivity index (χ4n) is 2.12. The molecule has 2 aromatic carbocycles. The Morgan fingerprint density at radius 3 is 2.48 bits per heavy atom. The van der Waals surface area contributed by atoms with Crippen molar-refractivity contribution in [2.24, 2.45) is 0 Å². The van der Waals surface area contributed by atoms with E-state index in [-0.39, 0.29) is 27.3 Å². The molecule has 0 radical (unpaired) electrons. The summed E-state index contributed by atoms with van der Waals surface area (Å²) in [6.07, 6.45) is 1.26. The highest BCUT2D eigenvalue weighted by Gasteiger charge is 2.23. The van der Waals surface area contributed by atoms with Crippen LogP contribution in [-0.4, -0.2) is 10.0 Å². The standard InChI is InChI=1S/C15H8F4N2OS/c16-9-2-1-6(5-8(9)15(20)23)22-14-10(17)7-3-4-21-13(7)11(18)12(14)19/h1-5,21H,(H2,20,23). The van der Waals surface area contributed by atoms with Crippen molar-refractivity contribution in [3.63, 3.8) is 0 Å². The fourth-order valence-corrected chi connectivity index (χ4v) is 2.29. The topological polar surface area (TPSA) is 48.9 Å². The SMILES string of the molecule is N=C(S)c1cc(Oc2c(F)c(F)c3[nH]ccc3c2F)ccc1F. The number of nitrogens with one attached hydrogen (secondary N) is 2. The Balaban J connectivity index is 2.12. The molecule has 8 heteroatoms. The average Bonchev–Trinajstić information content (AvgIpc) is 3.00. The Hall–Kier alpha value is -2.48. The van der Waals surface area contributed by atoms with E-state index in [1.165, 1.54) is 12.3 Å². The molecular weight excluding hydrogens is 332 g/mol. The largest absolute Gasteiger partial charge is 0.451 e. The summed E-state index contributed by atoms with van der Waals surface area (Å²) < 4.78 is 60.7. The quantitative estimate of drug-likeness (QED) is 0.208. The molecule has 0 aliphatic heterocycles. The molecule has 3 nitrogen and oxygen atoms in total. The van der Waals surface area contributed by atoms with Crippen LogP contribution in [0.5, 0.6) is 11.5 Å². The molecule has 0 amide bonds. The lowest BCUT2D eigenvalue weighted by molar-refractivity contribution is 0.391. The number of aromatic amines is 1. The lowest BCUT2D eigenvalue weighted by Crippen LogP contribution is -2.00. The Morgan fingerprint density at radius 1 is 1.04 bits per heavy atom. The number of thiol groups is 1. The van der Waals surface area contributed by atoms with Crippen molar-refractivity contribution in [3.8, 4) is 11.5 Å². The molecule has 0 saturated carbocycles. The van der Waals surface area contributed by atoms with E-state index in [9.17, 15) is 17.6 Å². The van der Waals surface area contributed by atoms with Gasteiger partial charge in [-0.15, -0.1) is 12.6 Å². The van der Waals surface area contributed by atoms with Crippen LogP contribution in [0.4, 0.5) is 17.6 Å². The van der Waals surface area contributed by atoms with E-state index < -0.39 is 29.0 Å². The second-order valence-corrected chi connectivity index (χ2v) is 5.08. The number of halogens is 4. The number of benzene rings is 2. The van der Waals surface area contributed by atoms with Crippen molar-refractivity contribution in [1.29, 1.82) is 5.41 Å². The number of hydrogen-bond donors (Lipinski definition) is 3. The van der Waals surface area contributed by atoms with Crippen LogP contribution in [-0.2, 0) is 0 Å². The highest BCUT2D eigenvalue weighted by atomic mass is 32.1. The first kappa shape index (κ1) is 15.4. The Morgan fingerprint density at radius 2 is 1.78 bits per heavy atom. The van der Waals surface area contributed by atoms with Crippen LogP contribution in [0.25, 0.3) is 10.9 Å². The molecule has 0 aliphatic rings. The van der Waals surface area contributed by atoms with Crippen molar-refractivity contribution in [2.75, 3.05) is 0 Å². The molecule has 1 aromatic heterocycles. The predicted octanol–water partition coefficient (Wildman–Crippen LogP) is 4.77. The molecule has 0 bridgehead atoms. The molecule has 0 saturated heterocycles. The van der Waals surface area contributed by atoms with Crippen LogP contribution in [0, 0.1) is 28.7 Å². The third-order valence-corrected chi connectivity index (χ3v) is 3.45. The van der Waals surface area contributed by atoms with E-state index in [1.54, 1.807) is 0 Å². The lowest BCUT2D eigenvalue weighted by Gasteiger charge is -2.11. The first-order valence-corrected chi connectivity index (χ1v) is 6.73. The number of rotatable bonds is 3. The smallest absolute Gasteiger partial charge is 0.206 e. The minimum atomic E-state index is -1.51. The third-order valence-electron chi connectivity index (χ3n) is 3.21. The second-order valence-electron chi connectivity index (χ2n) is 4.63. The second kappa shape index (κ2) is 5.62. The molecule has 3 rings (SSSR count). The van der Waals surface area contributed by atoms with Crippen LogP contribution < -0.4 is 4.74 Å². The number of fused-ring (bicyclic) bond motifs is 1. The van der Waals surface area contributed by atoms with Crippen LogP contribution in [0.1, 0.15) is 5.56 Å². The monoisotopic (exact) mass is 340 g/mol. The van der Waals surface area contributed by atoms with E-state index >= 15 is 0 Å². The van der Waals surface area contributed by atoms with Crippen molar-refractivity contribution in [3.05, 3.63) is 59.3 Å². The number of aromatic nitrogens is 1. The number of H-pyrrole nitrogens is 1. The maximum Gasteiger partial charge on any atom is 0.206 e. The number of hydrogen-bond acceptors (Lipinski definition) is 2. The summed E-state index contributed by atoms with van der Waals surface area (Å²) in [6, 6.07) is 4.34. The molecule has 1 heterocycles. The summed E-state index contributed by atoms with van der Waals surface area (Å²) >= 11 is 3.70. The van der Waals surface area contributed by atoms with E-state index in [1.807, 2.05) is 0 Å². The number of ether oxygens (including phenoxy) is 1. The van der Waals surface area contributed by atoms with Gasteiger partial charge in [-0.1, -0.05) is 0 Å². The van der Waals surface area contributed by atoms with Gasteiger partial charge in [0.2, 0.25) is 11.6 Å². The zero-order valence-electron chi connectivity index (χ0n) is 11.3. The van der Waals surface area contributed by atoms with Gasteiger partial charge in [0.1, 0.15) is 11.6 Å². The molecule has 3 aromatic rings. The lowest BCUT2D eigenvalue weighted by atomic mass is 10.2. The third kappa shape index (κ3) is 2.55. The van der Waals surface area contributed by atoms with Crippen molar-refractivity contribution < 1.29 is 22.3 Å². The Bertz CT molecular complexity index is 939. The molecular formula is C15H8F4N2OS.